The van der Waals surface area contributed by atoms with E-state index in [-0.39, 0.29) is 5.91 Å². The summed E-state index contributed by atoms with van der Waals surface area (Å²) in [5.41, 5.74) is 2.02. The smallest absolute Gasteiger partial charge is 0.224 e. The minimum atomic E-state index is 0.0890. The van der Waals surface area contributed by atoms with Gasteiger partial charge >= 0.3 is 0 Å². The normalized spacial score (nSPS) is 18.4. The van der Waals surface area contributed by atoms with Crippen LogP contribution in [0.15, 0.2) is 34.8 Å². The highest BCUT2D eigenvalue weighted by Gasteiger charge is 2.14. The lowest BCUT2D eigenvalue weighted by Crippen LogP contribution is -2.15. The monoisotopic (exact) mass is 293 g/mol. The Kier molecular flexibility index (Phi) is 4.00. The number of aryl methyl sites for hydroxylation is 1. The van der Waals surface area contributed by atoms with E-state index in [1.807, 2.05) is 25.1 Å². The Bertz CT molecular complexity index is 454. The molecule has 17 heavy (non-hydrogen) atoms. The first kappa shape index (κ1) is 12.4. The van der Waals surface area contributed by atoms with Gasteiger partial charge < -0.3 is 5.32 Å². The quantitative estimate of drug-likeness (QED) is 0.837. The molecule has 0 spiro atoms. The van der Waals surface area contributed by atoms with E-state index in [0.717, 1.165) is 23.0 Å². The first-order valence-electron chi connectivity index (χ1n) is 5.88. The molecule has 0 aromatic heterocycles. The van der Waals surface area contributed by atoms with Crippen LogP contribution in [0.5, 0.6) is 0 Å². The number of hydrogen-bond acceptors (Lipinski definition) is 1. The summed E-state index contributed by atoms with van der Waals surface area (Å²) in [6.45, 7) is 2.03. The van der Waals surface area contributed by atoms with Crippen molar-refractivity contribution in [1.82, 2.24) is 0 Å². The molecule has 0 saturated heterocycles. The third-order valence-corrected chi connectivity index (χ3v) is 3.61. The fourth-order valence-electron chi connectivity index (χ4n) is 2.03. The Balaban J connectivity index is 1.95. The molecule has 0 saturated carbocycles. The van der Waals surface area contributed by atoms with Crippen molar-refractivity contribution in [3.8, 4) is 0 Å². The molecule has 0 radical (unpaired) electrons. The van der Waals surface area contributed by atoms with Crippen molar-refractivity contribution < 1.29 is 4.79 Å². The van der Waals surface area contributed by atoms with E-state index in [4.69, 9.17) is 0 Å². The van der Waals surface area contributed by atoms with Gasteiger partial charge in [0, 0.05) is 10.9 Å². The van der Waals surface area contributed by atoms with Gasteiger partial charge in [-0.1, -0.05) is 18.2 Å². The highest BCUT2D eigenvalue weighted by molar-refractivity contribution is 9.10. The van der Waals surface area contributed by atoms with Crippen molar-refractivity contribution in [2.45, 2.75) is 26.2 Å². The number of allylic oxidation sites excluding steroid dienone is 2. The molecular formula is C14H16BrNO. The molecule has 1 atom stereocenters. The van der Waals surface area contributed by atoms with E-state index in [0.29, 0.717) is 12.3 Å². The van der Waals surface area contributed by atoms with Gasteiger partial charge in [-0.15, -0.1) is 0 Å². The SMILES string of the molecule is Cc1ccc(NC(=O)CC2C=CCC2)c(Br)c1. The fourth-order valence-corrected chi connectivity index (χ4v) is 2.62. The molecule has 2 rings (SSSR count). The van der Waals surface area contributed by atoms with Crippen LogP contribution in [0.25, 0.3) is 0 Å². The molecule has 90 valence electrons. The zero-order valence-electron chi connectivity index (χ0n) is 9.87. The number of amides is 1. The van der Waals surface area contributed by atoms with Crippen LogP contribution in [0.1, 0.15) is 24.8 Å². The van der Waals surface area contributed by atoms with Gasteiger partial charge in [-0.2, -0.15) is 0 Å². The molecular weight excluding hydrogens is 278 g/mol. The van der Waals surface area contributed by atoms with E-state index < -0.39 is 0 Å². The molecule has 1 amide bonds. The summed E-state index contributed by atoms with van der Waals surface area (Å²) in [6, 6.07) is 5.93. The molecule has 3 heteroatoms. The maximum atomic E-state index is 11.8. The fraction of sp³-hybridized carbons (Fsp3) is 0.357. The number of hydrogen-bond donors (Lipinski definition) is 1. The predicted molar refractivity (Wildman–Crippen MR) is 74.0 cm³/mol. The third-order valence-electron chi connectivity index (χ3n) is 2.96. The summed E-state index contributed by atoms with van der Waals surface area (Å²) in [4.78, 5) is 11.8. The lowest BCUT2D eigenvalue weighted by atomic mass is 10.1. The van der Waals surface area contributed by atoms with E-state index >= 15 is 0 Å². The summed E-state index contributed by atoms with van der Waals surface area (Å²) in [7, 11) is 0. The van der Waals surface area contributed by atoms with Crippen LogP contribution in [0, 0.1) is 12.8 Å². The van der Waals surface area contributed by atoms with Gasteiger partial charge in [0.05, 0.1) is 5.69 Å². The Labute approximate surface area is 110 Å². The van der Waals surface area contributed by atoms with E-state index in [9.17, 15) is 4.79 Å². The van der Waals surface area contributed by atoms with Crippen molar-refractivity contribution in [2.24, 2.45) is 5.92 Å². The topological polar surface area (TPSA) is 29.1 Å². The van der Waals surface area contributed by atoms with Crippen LogP contribution >= 0.6 is 15.9 Å². The molecule has 1 aliphatic rings. The summed E-state index contributed by atoms with van der Waals surface area (Å²) < 4.78 is 0.938. The zero-order chi connectivity index (χ0) is 12.3. The Hall–Kier alpha value is -1.09. The lowest BCUT2D eigenvalue weighted by Gasteiger charge is -2.10. The first-order valence-corrected chi connectivity index (χ1v) is 6.67. The number of carbonyl (C=O) groups is 1. The van der Waals surface area contributed by atoms with Gasteiger partial charge in [-0.3, -0.25) is 4.79 Å². The highest BCUT2D eigenvalue weighted by atomic mass is 79.9. The molecule has 0 bridgehead atoms. The van der Waals surface area contributed by atoms with E-state index in [2.05, 4.69) is 33.4 Å². The summed E-state index contributed by atoms with van der Waals surface area (Å²) in [5, 5.41) is 2.94. The summed E-state index contributed by atoms with van der Waals surface area (Å²) >= 11 is 3.46. The van der Waals surface area contributed by atoms with Crippen LogP contribution in [0.4, 0.5) is 5.69 Å². The Morgan fingerprint density at radius 2 is 2.35 bits per heavy atom. The van der Waals surface area contributed by atoms with E-state index in [1.165, 1.54) is 5.56 Å². The van der Waals surface area contributed by atoms with Crippen LogP contribution in [0.3, 0.4) is 0 Å². The average molecular weight is 294 g/mol. The first-order chi connectivity index (χ1) is 8.15. The lowest BCUT2D eigenvalue weighted by molar-refractivity contribution is -0.116. The standard InChI is InChI=1S/C14H16BrNO/c1-10-6-7-13(12(15)8-10)16-14(17)9-11-4-2-3-5-11/h2,4,6-8,11H,3,5,9H2,1H3,(H,16,17). The van der Waals surface area contributed by atoms with Crippen LogP contribution in [-0.4, -0.2) is 5.91 Å². The number of halogens is 1. The van der Waals surface area contributed by atoms with Crippen molar-refractivity contribution in [3.63, 3.8) is 0 Å². The number of rotatable bonds is 3. The molecule has 1 aliphatic carbocycles. The van der Waals surface area contributed by atoms with Crippen molar-refractivity contribution in [1.29, 1.82) is 0 Å². The Morgan fingerprint density at radius 1 is 1.53 bits per heavy atom. The predicted octanol–water partition coefficient (Wildman–Crippen LogP) is 4.05. The highest BCUT2D eigenvalue weighted by Crippen LogP contribution is 2.25. The van der Waals surface area contributed by atoms with Gasteiger partial charge in [0.1, 0.15) is 0 Å². The zero-order valence-corrected chi connectivity index (χ0v) is 11.5. The van der Waals surface area contributed by atoms with Gasteiger partial charge in [-0.25, -0.2) is 0 Å². The molecule has 0 aliphatic heterocycles. The molecule has 1 aromatic carbocycles. The summed E-state index contributed by atoms with van der Waals surface area (Å²) in [6.07, 6.45) is 7.08. The minimum Gasteiger partial charge on any atom is -0.325 e. The summed E-state index contributed by atoms with van der Waals surface area (Å²) in [5.74, 6) is 0.505. The van der Waals surface area contributed by atoms with Gasteiger partial charge in [0.15, 0.2) is 0 Å². The van der Waals surface area contributed by atoms with E-state index in [1.54, 1.807) is 0 Å². The van der Waals surface area contributed by atoms with Gasteiger partial charge in [0.25, 0.3) is 0 Å². The van der Waals surface area contributed by atoms with Gasteiger partial charge in [-0.05, 0) is 59.3 Å². The largest absolute Gasteiger partial charge is 0.325 e. The van der Waals surface area contributed by atoms with Crippen molar-refractivity contribution >= 4 is 27.5 Å². The molecule has 1 unspecified atom stereocenters. The third kappa shape index (κ3) is 3.43. The van der Waals surface area contributed by atoms with Crippen LogP contribution in [-0.2, 0) is 4.79 Å². The Morgan fingerprint density at radius 3 is 3.00 bits per heavy atom. The second-order valence-corrected chi connectivity index (χ2v) is 5.36. The number of anilines is 1. The van der Waals surface area contributed by atoms with Crippen molar-refractivity contribution in [2.75, 3.05) is 5.32 Å². The molecule has 1 aromatic rings. The maximum absolute atomic E-state index is 11.8. The molecule has 1 N–H and O–H groups in total. The molecule has 2 nitrogen and oxygen atoms in total. The molecule has 0 fully saturated rings. The average Bonchev–Trinajstić information content (AvgIpc) is 2.75. The second-order valence-electron chi connectivity index (χ2n) is 4.50. The maximum Gasteiger partial charge on any atom is 0.224 e. The number of carbonyl (C=O) groups excluding carboxylic acids is 1. The van der Waals surface area contributed by atoms with Crippen LogP contribution in [0.2, 0.25) is 0 Å². The van der Waals surface area contributed by atoms with Gasteiger partial charge in [0.2, 0.25) is 5.91 Å². The number of nitrogens with one attached hydrogen (secondary N) is 1. The molecule has 0 heterocycles. The number of benzene rings is 1. The van der Waals surface area contributed by atoms with Crippen LogP contribution < -0.4 is 5.32 Å². The second kappa shape index (κ2) is 5.50. The van der Waals surface area contributed by atoms with Crippen molar-refractivity contribution in [3.05, 3.63) is 40.4 Å². The minimum absolute atomic E-state index is 0.0890.